The number of aromatic nitrogens is 2. The third kappa shape index (κ3) is 2.82. The minimum Gasteiger partial charge on any atom is -0.374 e. The summed E-state index contributed by atoms with van der Waals surface area (Å²) < 4.78 is 40.7. The van der Waals surface area contributed by atoms with Gasteiger partial charge in [-0.2, -0.15) is 0 Å². The van der Waals surface area contributed by atoms with Gasteiger partial charge in [-0.1, -0.05) is 12.1 Å². The lowest BCUT2D eigenvalue weighted by Crippen LogP contribution is -2.14. The van der Waals surface area contributed by atoms with Crippen molar-refractivity contribution >= 4 is 10.0 Å². The Kier molecular flexibility index (Phi) is 4.18. The van der Waals surface area contributed by atoms with E-state index in [4.69, 9.17) is 5.73 Å². The molecule has 0 saturated heterocycles. The van der Waals surface area contributed by atoms with Crippen molar-refractivity contribution in [2.45, 2.75) is 11.1 Å². The molecule has 0 aliphatic carbocycles. The molecule has 0 saturated carbocycles. The molecule has 1 atom stereocenters. The van der Waals surface area contributed by atoms with E-state index in [-0.39, 0.29) is 21.7 Å². The molecule has 8 heteroatoms. The molecule has 0 amide bonds. The van der Waals surface area contributed by atoms with Gasteiger partial charge in [0.15, 0.2) is 0 Å². The maximum Gasteiger partial charge on any atom is 0.269 e. The molecule has 3 N–H and O–H groups in total. The molecule has 0 bridgehead atoms. The van der Waals surface area contributed by atoms with Gasteiger partial charge in [0.2, 0.25) is 0 Å². The number of rotatable bonds is 4. The van der Waals surface area contributed by atoms with Crippen LogP contribution in [0.1, 0.15) is 11.8 Å². The van der Waals surface area contributed by atoms with Crippen molar-refractivity contribution in [1.29, 1.82) is 0 Å². The normalized spacial score (nSPS) is 13.0. The molecule has 3 rings (SSSR count). The fraction of sp³-hybridized carbons (Fsp3) is 0.0625. The number of halogens is 1. The van der Waals surface area contributed by atoms with Gasteiger partial charge in [0, 0.05) is 29.7 Å². The Bertz CT molecular complexity index is 969. The lowest BCUT2D eigenvalue weighted by molar-refractivity contribution is 0.186. The minimum atomic E-state index is -4.03. The molecule has 1 aromatic carbocycles. The van der Waals surface area contributed by atoms with Gasteiger partial charge in [0.25, 0.3) is 10.0 Å². The summed E-state index contributed by atoms with van der Waals surface area (Å²) in [6.45, 7) is 0. The standard InChI is InChI=1S/C16H14FN3O3S/c17-14-6-2-1-5-13(14)15-8-11(16(18)21)10-20(15)24(22,23)12-4-3-7-19-9-12/h1-10,16,21H,18H2. The minimum absolute atomic E-state index is 0.0590. The number of aliphatic hydroxyl groups excluding tert-OH is 1. The fourth-order valence-corrected chi connectivity index (χ4v) is 3.65. The van der Waals surface area contributed by atoms with Crippen LogP contribution in [0, 0.1) is 5.82 Å². The van der Waals surface area contributed by atoms with E-state index in [2.05, 4.69) is 4.98 Å². The highest BCUT2D eigenvalue weighted by atomic mass is 32.2. The van der Waals surface area contributed by atoms with E-state index in [0.29, 0.717) is 0 Å². The maximum atomic E-state index is 14.1. The molecule has 1 unspecified atom stereocenters. The Morgan fingerprint density at radius 1 is 1.21 bits per heavy atom. The summed E-state index contributed by atoms with van der Waals surface area (Å²) in [6.07, 6.45) is 2.43. The van der Waals surface area contributed by atoms with Crippen molar-refractivity contribution < 1.29 is 17.9 Å². The van der Waals surface area contributed by atoms with E-state index >= 15 is 0 Å². The highest BCUT2D eigenvalue weighted by molar-refractivity contribution is 7.90. The molecule has 0 fully saturated rings. The van der Waals surface area contributed by atoms with Crippen molar-refractivity contribution in [2.75, 3.05) is 0 Å². The lowest BCUT2D eigenvalue weighted by Gasteiger charge is -2.10. The van der Waals surface area contributed by atoms with Gasteiger partial charge in [0.05, 0.1) is 5.69 Å². The second-order valence-corrected chi connectivity index (χ2v) is 6.89. The van der Waals surface area contributed by atoms with E-state index in [1.165, 1.54) is 55.0 Å². The van der Waals surface area contributed by atoms with Crippen LogP contribution in [0.3, 0.4) is 0 Å². The molecule has 0 radical (unpaired) electrons. The Morgan fingerprint density at radius 2 is 1.96 bits per heavy atom. The molecule has 2 aromatic heterocycles. The molecular weight excluding hydrogens is 333 g/mol. The number of pyridine rings is 1. The van der Waals surface area contributed by atoms with Crippen molar-refractivity contribution in [3.8, 4) is 11.3 Å². The quantitative estimate of drug-likeness (QED) is 0.702. The summed E-state index contributed by atoms with van der Waals surface area (Å²) in [7, 11) is -4.03. The summed E-state index contributed by atoms with van der Waals surface area (Å²) in [5.74, 6) is -0.587. The van der Waals surface area contributed by atoms with Gasteiger partial charge in [0.1, 0.15) is 16.9 Å². The van der Waals surface area contributed by atoms with Gasteiger partial charge in [-0.05, 0) is 30.3 Å². The van der Waals surface area contributed by atoms with Crippen LogP contribution in [-0.2, 0) is 10.0 Å². The molecule has 3 aromatic rings. The van der Waals surface area contributed by atoms with Crippen LogP contribution in [0.15, 0.2) is 66.0 Å². The first-order chi connectivity index (χ1) is 11.4. The Morgan fingerprint density at radius 3 is 2.58 bits per heavy atom. The number of nitrogens with two attached hydrogens (primary N) is 1. The number of aliphatic hydroxyl groups is 1. The van der Waals surface area contributed by atoms with Crippen molar-refractivity contribution in [1.82, 2.24) is 8.96 Å². The molecule has 124 valence electrons. The molecule has 0 aliphatic rings. The van der Waals surface area contributed by atoms with E-state index < -0.39 is 22.1 Å². The van der Waals surface area contributed by atoms with E-state index in [0.717, 1.165) is 3.97 Å². The topological polar surface area (TPSA) is 98.2 Å². The highest BCUT2D eigenvalue weighted by Crippen LogP contribution is 2.30. The molecule has 0 aliphatic heterocycles. The van der Waals surface area contributed by atoms with Crippen LogP contribution < -0.4 is 5.73 Å². The fourth-order valence-electron chi connectivity index (χ4n) is 2.30. The summed E-state index contributed by atoms with van der Waals surface area (Å²) in [4.78, 5) is 3.74. The summed E-state index contributed by atoms with van der Waals surface area (Å²) in [5, 5.41) is 9.58. The van der Waals surface area contributed by atoms with Crippen LogP contribution in [0.25, 0.3) is 11.3 Å². The number of hydrogen-bond donors (Lipinski definition) is 2. The van der Waals surface area contributed by atoms with Crippen LogP contribution >= 0.6 is 0 Å². The third-order valence-corrected chi connectivity index (χ3v) is 5.15. The van der Waals surface area contributed by atoms with E-state index in [1.54, 1.807) is 6.07 Å². The average molecular weight is 347 g/mol. The van der Waals surface area contributed by atoms with Crippen molar-refractivity contribution in [3.63, 3.8) is 0 Å². The summed E-state index contributed by atoms with van der Waals surface area (Å²) in [6, 6.07) is 9.97. The Labute approximate surface area is 138 Å². The predicted molar refractivity (Wildman–Crippen MR) is 85.8 cm³/mol. The second kappa shape index (κ2) is 6.16. The van der Waals surface area contributed by atoms with Gasteiger partial charge in [-0.25, -0.2) is 16.8 Å². The SMILES string of the molecule is NC(O)c1cc(-c2ccccc2F)n(S(=O)(=O)c2cccnc2)c1. The van der Waals surface area contributed by atoms with Gasteiger partial charge in [-0.3, -0.25) is 4.98 Å². The van der Waals surface area contributed by atoms with Gasteiger partial charge in [-0.15, -0.1) is 0 Å². The molecular formula is C16H14FN3O3S. The van der Waals surface area contributed by atoms with E-state index in [1.807, 2.05) is 0 Å². The first-order valence-electron chi connectivity index (χ1n) is 6.97. The van der Waals surface area contributed by atoms with Crippen molar-refractivity contribution in [3.05, 3.63) is 72.4 Å². The monoisotopic (exact) mass is 347 g/mol. The van der Waals surface area contributed by atoms with Crippen LogP contribution in [-0.4, -0.2) is 22.5 Å². The number of benzene rings is 1. The molecule has 0 spiro atoms. The molecule has 2 heterocycles. The second-order valence-electron chi connectivity index (χ2n) is 5.07. The zero-order valence-electron chi connectivity index (χ0n) is 12.4. The number of nitrogens with zero attached hydrogens (tertiary/aromatic N) is 2. The number of hydrogen-bond acceptors (Lipinski definition) is 5. The van der Waals surface area contributed by atoms with Gasteiger partial charge >= 0.3 is 0 Å². The third-order valence-electron chi connectivity index (χ3n) is 3.49. The lowest BCUT2D eigenvalue weighted by atomic mass is 10.1. The Hall–Kier alpha value is -2.55. The first-order valence-corrected chi connectivity index (χ1v) is 8.41. The average Bonchev–Trinajstić information content (AvgIpc) is 3.02. The highest BCUT2D eigenvalue weighted by Gasteiger charge is 2.24. The maximum absolute atomic E-state index is 14.1. The van der Waals surface area contributed by atoms with Crippen LogP contribution in [0.5, 0.6) is 0 Å². The zero-order chi connectivity index (χ0) is 17.3. The zero-order valence-corrected chi connectivity index (χ0v) is 13.2. The smallest absolute Gasteiger partial charge is 0.269 e. The van der Waals surface area contributed by atoms with Crippen molar-refractivity contribution in [2.24, 2.45) is 5.73 Å². The first kappa shape index (κ1) is 16.3. The van der Waals surface area contributed by atoms with Crippen LogP contribution in [0.2, 0.25) is 0 Å². The van der Waals surface area contributed by atoms with Crippen LogP contribution in [0.4, 0.5) is 4.39 Å². The largest absolute Gasteiger partial charge is 0.374 e. The predicted octanol–water partition coefficient (Wildman–Crippen LogP) is 1.88. The van der Waals surface area contributed by atoms with E-state index in [9.17, 15) is 17.9 Å². The summed E-state index contributed by atoms with van der Waals surface area (Å²) >= 11 is 0. The molecule has 24 heavy (non-hydrogen) atoms. The Balaban J connectivity index is 2.27. The summed E-state index contributed by atoms with van der Waals surface area (Å²) in [5.41, 5.74) is 5.74. The molecule has 6 nitrogen and oxygen atoms in total. The van der Waals surface area contributed by atoms with Gasteiger partial charge < -0.3 is 10.8 Å².